The molecule has 2 heterocycles. The molecule has 1 saturated heterocycles. The molecule has 1 aliphatic rings. The van der Waals surface area contributed by atoms with Crippen LogP contribution in [0.25, 0.3) is 11.3 Å². The van der Waals surface area contributed by atoms with E-state index in [4.69, 9.17) is 4.74 Å². The van der Waals surface area contributed by atoms with Gasteiger partial charge in [0.1, 0.15) is 0 Å². The van der Waals surface area contributed by atoms with Crippen LogP contribution >= 0.6 is 0 Å². The summed E-state index contributed by atoms with van der Waals surface area (Å²) < 4.78 is 66.0. The van der Waals surface area contributed by atoms with E-state index in [0.29, 0.717) is 17.0 Å². The number of halogens is 3. The summed E-state index contributed by atoms with van der Waals surface area (Å²) in [4.78, 5) is 20.0. The minimum Gasteiger partial charge on any atom is -0.480 e. The van der Waals surface area contributed by atoms with Crippen molar-refractivity contribution in [2.45, 2.75) is 47.9 Å². The van der Waals surface area contributed by atoms with Crippen molar-refractivity contribution in [1.29, 1.82) is 0 Å². The second kappa shape index (κ2) is 8.91. The number of carboxylic acids is 1. The van der Waals surface area contributed by atoms with Crippen molar-refractivity contribution in [2.24, 2.45) is 0 Å². The van der Waals surface area contributed by atoms with Crippen LogP contribution in [0.4, 0.5) is 13.2 Å². The highest BCUT2D eigenvalue weighted by molar-refractivity contribution is 7.93. The maximum atomic E-state index is 13.1. The van der Waals surface area contributed by atoms with Crippen LogP contribution < -0.4 is 0 Å². The first-order valence-electron chi connectivity index (χ1n) is 9.59. The van der Waals surface area contributed by atoms with Crippen LogP contribution in [0.1, 0.15) is 31.4 Å². The summed E-state index contributed by atoms with van der Waals surface area (Å²) in [5, 5.41) is 9.64. The van der Waals surface area contributed by atoms with E-state index in [1.165, 1.54) is 36.7 Å². The fourth-order valence-corrected chi connectivity index (χ4v) is 5.31. The molecule has 0 amide bonds. The molecular weight excluding hydrogens is 437 g/mol. The van der Waals surface area contributed by atoms with Gasteiger partial charge < -0.3 is 9.84 Å². The van der Waals surface area contributed by atoms with Crippen LogP contribution in [-0.2, 0) is 25.8 Å². The molecule has 0 atom stereocenters. The van der Waals surface area contributed by atoms with Gasteiger partial charge in [-0.15, -0.1) is 0 Å². The van der Waals surface area contributed by atoms with Crippen molar-refractivity contribution >= 4 is 15.8 Å². The Morgan fingerprint density at radius 3 is 2.26 bits per heavy atom. The largest absolute Gasteiger partial charge is 0.480 e. The number of rotatable bonds is 7. The lowest BCUT2D eigenvalue weighted by molar-refractivity contribution is -0.142. The van der Waals surface area contributed by atoms with Crippen molar-refractivity contribution in [3.05, 3.63) is 42.4 Å². The summed E-state index contributed by atoms with van der Waals surface area (Å²) in [5.41, 5.74) is 1.39. The molecule has 0 radical (unpaired) electrons. The number of benzene rings is 1. The van der Waals surface area contributed by atoms with E-state index in [1.807, 2.05) is 0 Å². The van der Waals surface area contributed by atoms with Gasteiger partial charge in [0.25, 0.3) is 0 Å². The number of sulfone groups is 1. The van der Waals surface area contributed by atoms with Crippen LogP contribution in [0.5, 0.6) is 0 Å². The van der Waals surface area contributed by atoms with Gasteiger partial charge in [0, 0.05) is 44.2 Å². The van der Waals surface area contributed by atoms with Crippen molar-refractivity contribution in [1.82, 2.24) is 9.97 Å². The first kappa shape index (κ1) is 23.1. The lowest BCUT2D eigenvalue weighted by Gasteiger charge is -2.32. The molecule has 1 N–H and O–H groups in total. The fraction of sp³-hybridized carbons (Fsp3) is 0.450. The average molecular weight is 458 g/mol. The number of ether oxygens (including phenoxy) is 1. The maximum absolute atomic E-state index is 13.1. The second-order valence-corrected chi connectivity index (χ2v) is 9.56. The van der Waals surface area contributed by atoms with E-state index >= 15 is 0 Å². The van der Waals surface area contributed by atoms with E-state index in [-0.39, 0.29) is 43.8 Å². The topological polar surface area (TPSA) is 106 Å². The SMILES string of the molecule is O=C(O)C1(S(=O)(=O)c2ccc(-c3cnc(CCCC(F)(F)F)cn3)cc2)CCOCC1. The molecule has 1 aromatic heterocycles. The molecule has 0 spiro atoms. The number of hydrogen-bond donors (Lipinski definition) is 1. The van der Waals surface area contributed by atoms with Gasteiger partial charge in [-0.2, -0.15) is 13.2 Å². The number of carboxylic acid groups (broad SMARTS) is 1. The number of aliphatic carboxylic acids is 1. The molecule has 1 fully saturated rings. The predicted octanol–water partition coefficient (Wildman–Crippen LogP) is 3.44. The molecule has 0 unspecified atom stereocenters. The molecular formula is C20H21F3N2O5S. The molecule has 1 aromatic carbocycles. The first-order chi connectivity index (χ1) is 14.6. The quantitative estimate of drug-likeness (QED) is 0.677. The normalized spacial score (nSPS) is 16.7. The highest BCUT2D eigenvalue weighted by Gasteiger charge is 2.52. The molecule has 11 heteroatoms. The van der Waals surface area contributed by atoms with E-state index in [9.17, 15) is 31.5 Å². The van der Waals surface area contributed by atoms with Gasteiger partial charge in [-0.25, -0.2) is 8.42 Å². The molecule has 0 bridgehead atoms. The van der Waals surface area contributed by atoms with Gasteiger partial charge in [-0.1, -0.05) is 12.1 Å². The highest BCUT2D eigenvalue weighted by Crippen LogP contribution is 2.36. The minimum absolute atomic E-state index is 0.0501. The van der Waals surface area contributed by atoms with Crippen molar-refractivity contribution in [3.63, 3.8) is 0 Å². The zero-order valence-electron chi connectivity index (χ0n) is 16.4. The first-order valence-corrected chi connectivity index (χ1v) is 11.1. The minimum atomic E-state index is -4.21. The third-order valence-corrected chi connectivity index (χ3v) is 7.77. The average Bonchev–Trinajstić information content (AvgIpc) is 2.74. The zero-order valence-corrected chi connectivity index (χ0v) is 17.2. The van der Waals surface area contributed by atoms with E-state index in [1.54, 1.807) is 0 Å². The second-order valence-electron chi connectivity index (χ2n) is 7.30. The van der Waals surface area contributed by atoms with Crippen molar-refractivity contribution < 1.29 is 36.2 Å². The van der Waals surface area contributed by atoms with Crippen LogP contribution in [0.15, 0.2) is 41.6 Å². The molecule has 7 nitrogen and oxygen atoms in total. The Bertz CT molecular complexity index is 1020. The molecule has 2 aromatic rings. The van der Waals surface area contributed by atoms with E-state index in [0.717, 1.165) is 0 Å². The summed E-state index contributed by atoms with van der Waals surface area (Å²) in [6.07, 6.45) is -2.51. The predicted molar refractivity (Wildman–Crippen MR) is 104 cm³/mol. The Morgan fingerprint density at radius 2 is 1.74 bits per heavy atom. The lowest BCUT2D eigenvalue weighted by atomic mass is 9.99. The number of hydrogen-bond acceptors (Lipinski definition) is 6. The molecule has 3 rings (SSSR count). The Hall–Kier alpha value is -2.53. The van der Waals surface area contributed by atoms with Gasteiger partial charge >= 0.3 is 12.1 Å². The van der Waals surface area contributed by atoms with E-state index < -0.39 is 33.2 Å². The summed E-state index contributed by atoms with van der Waals surface area (Å²) in [6.45, 7) is 0.100. The third kappa shape index (κ3) is 5.04. The monoisotopic (exact) mass is 458 g/mol. The standard InChI is InChI=1S/C20H21F3N2O5S/c21-20(22,23)7-1-2-15-12-25-17(13-24-15)14-3-5-16(6-4-14)31(28,29)19(18(26)27)8-10-30-11-9-19/h3-6,12-13H,1-2,7-11H2,(H,26,27). The van der Waals surface area contributed by atoms with Gasteiger partial charge in [0.05, 0.1) is 22.5 Å². The molecule has 1 aliphatic heterocycles. The van der Waals surface area contributed by atoms with Crippen LogP contribution in [-0.4, -0.2) is 53.6 Å². The van der Waals surface area contributed by atoms with Crippen LogP contribution in [0.3, 0.4) is 0 Å². The van der Waals surface area contributed by atoms with E-state index in [2.05, 4.69) is 9.97 Å². The number of nitrogens with zero attached hydrogens (tertiary/aromatic N) is 2. The summed E-state index contributed by atoms with van der Waals surface area (Å²) in [7, 11) is -4.16. The van der Waals surface area contributed by atoms with Crippen molar-refractivity contribution in [2.75, 3.05) is 13.2 Å². The third-order valence-electron chi connectivity index (χ3n) is 5.26. The van der Waals surface area contributed by atoms with Crippen LogP contribution in [0, 0.1) is 0 Å². The summed E-state index contributed by atoms with van der Waals surface area (Å²) in [5.74, 6) is -1.40. The molecule has 168 valence electrons. The lowest BCUT2D eigenvalue weighted by Crippen LogP contribution is -2.50. The Balaban J connectivity index is 1.76. The zero-order chi connectivity index (χ0) is 22.7. The van der Waals surface area contributed by atoms with Crippen molar-refractivity contribution in [3.8, 4) is 11.3 Å². The molecule has 31 heavy (non-hydrogen) atoms. The molecule has 0 saturated carbocycles. The van der Waals surface area contributed by atoms with Gasteiger partial charge in [0.15, 0.2) is 14.6 Å². The smallest absolute Gasteiger partial charge is 0.389 e. The van der Waals surface area contributed by atoms with Gasteiger partial charge in [0.2, 0.25) is 0 Å². The maximum Gasteiger partial charge on any atom is 0.389 e. The highest BCUT2D eigenvalue weighted by atomic mass is 32.2. The number of aryl methyl sites for hydroxylation is 1. The fourth-order valence-electron chi connectivity index (χ4n) is 3.43. The van der Waals surface area contributed by atoms with Gasteiger partial charge in [-0.3, -0.25) is 14.8 Å². The van der Waals surface area contributed by atoms with Gasteiger partial charge in [-0.05, 0) is 25.0 Å². The Labute approximate surface area is 177 Å². The number of alkyl halides is 3. The Morgan fingerprint density at radius 1 is 1.10 bits per heavy atom. The Kier molecular flexibility index (Phi) is 6.65. The number of carbonyl (C=O) groups is 1. The summed E-state index contributed by atoms with van der Waals surface area (Å²) in [6, 6.07) is 5.64. The summed E-state index contributed by atoms with van der Waals surface area (Å²) >= 11 is 0. The number of aromatic nitrogens is 2. The molecule has 0 aliphatic carbocycles. The van der Waals surface area contributed by atoms with Crippen LogP contribution in [0.2, 0.25) is 0 Å².